The van der Waals surface area contributed by atoms with Gasteiger partial charge < -0.3 is 24.3 Å². The zero-order valence-corrected chi connectivity index (χ0v) is 37.1. The molecule has 0 bridgehead atoms. The minimum absolute atomic E-state index is 0.0116. The van der Waals surface area contributed by atoms with E-state index in [1.165, 1.54) is 18.2 Å². The summed E-state index contributed by atoms with van der Waals surface area (Å²) >= 11 is 1.85. The van der Waals surface area contributed by atoms with Crippen LogP contribution in [-0.2, 0) is 28.6 Å². The normalized spacial score (nSPS) is 20.6. The first-order chi connectivity index (χ1) is 31.2. The van der Waals surface area contributed by atoms with E-state index in [1.54, 1.807) is 6.07 Å². The van der Waals surface area contributed by atoms with Crippen molar-refractivity contribution in [2.24, 2.45) is 9.98 Å². The van der Waals surface area contributed by atoms with Crippen LogP contribution in [0, 0.1) is 0 Å². The molecule has 3 saturated heterocycles. The quantitative estimate of drug-likeness (QED) is 0.0751. The van der Waals surface area contributed by atoms with E-state index in [0.29, 0.717) is 38.9 Å². The SMILES string of the molecule is C=Nc1c(C=NC2CCN(SN3CCN(CCOCCOCCOCCNC(=O)COc4cccc5c4C(=O)N(C4CCC(=O)NC4=O)C5=O)CC3)CC2)ccc(=O)n1C1CCCC1. The van der Waals surface area contributed by atoms with Crippen molar-refractivity contribution in [2.45, 2.75) is 69.5 Å². The highest BCUT2D eigenvalue weighted by Crippen LogP contribution is 2.34. The third-order valence-electron chi connectivity index (χ3n) is 12.0. The second-order valence-electron chi connectivity index (χ2n) is 16.3. The van der Waals surface area contributed by atoms with Crippen molar-refractivity contribution in [3.63, 3.8) is 0 Å². The molecular weight excluding hydrogens is 847 g/mol. The van der Waals surface area contributed by atoms with E-state index >= 15 is 0 Å². The van der Waals surface area contributed by atoms with E-state index in [-0.39, 0.29) is 60.5 Å². The number of hydrogen-bond acceptors (Lipinski definition) is 16. The summed E-state index contributed by atoms with van der Waals surface area (Å²) in [5, 5.41) is 4.85. The number of aromatic nitrogens is 1. The van der Waals surface area contributed by atoms with Crippen LogP contribution in [0.25, 0.3) is 0 Å². The van der Waals surface area contributed by atoms with Gasteiger partial charge >= 0.3 is 0 Å². The molecule has 2 N–H and O–H groups in total. The Bertz CT molecular complexity index is 2080. The molecule has 346 valence electrons. The Morgan fingerprint density at radius 2 is 1.53 bits per heavy atom. The van der Waals surface area contributed by atoms with E-state index in [2.05, 4.69) is 35.9 Å². The van der Waals surface area contributed by atoms with E-state index in [4.69, 9.17) is 23.9 Å². The van der Waals surface area contributed by atoms with Gasteiger partial charge in [0, 0.05) is 94.8 Å². The van der Waals surface area contributed by atoms with Crippen molar-refractivity contribution in [3.05, 3.63) is 57.4 Å². The Kier molecular flexibility index (Phi) is 17.2. The Morgan fingerprint density at radius 3 is 2.25 bits per heavy atom. The van der Waals surface area contributed by atoms with E-state index < -0.39 is 42.2 Å². The predicted octanol–water partition coefficient (Wildman–Crippen LogP) is 2.01. The number of nitrogens with one attached hydrogen (secondary N) is 2. The first kappa shape index (κ1) is 47.1. The Morgan fingerprint density at radius 1 is 0.828 bits per heavy atom. The second-order valence-corrected chi connectivity index (χ2v) is 17.5. The van der Waals surface area contributed by atoms with Crippen LogP contribution >= 0.6 is 12.1 Å². The lowest BCUT2D eigenvalue weighted by atomic mass is 10.0. The van der Waals surface area contributed by atoms with E-state index in [1.807, 2.05) is 29.0 Å². The van der Waals surface area contributed by atoms with Crippen molar-refractivity contribution in [3.8, 4) is 5.75 Å². The average Bonchev–Trinajstić information content (AvgIpc) is 3.92. The summed E-state index contributed by atoms with van der Waals surface area (Å²) in [7, 11) is 0. The molecule has 20 heteroatoms. The molecule has 4 fully saturated rings. The number of carbonyl (C=O) groups is 5. The fraction of sp³-hybridized carbons (Fsp3) is 0.591. The van der Waals surface area contributed by atoms with Crippen LogP contribution in [-0.4, -0.2) is 176 Å². The van der Waals surface area contributed by atoms with Gasteiger partial charge in [0.15, 0.2) is 6.61 Å². The minimum Gasteiger partial charge on any atom is -0.483 e. The number of ether oxygens (including phenoxy) is 4. The monoisotopic (exact) mass is 905 g/mol. The van der Waals surface area contributed by atoms with Gasteiger partial charge in [-0.15, -0.1) is 0 Å². The molecule has 0 spiro atoms. The number of rotatable bonds is 22. The Balaban J connectivity index is 0.672. The van der Waals surface area contributed by atoms with Gasteiger partial charge in [-0.1, -0.05) is 18.9 Å². The van der Waals surface area contributed by atoms with Crippen LogP contribution in [0.5, 0.6) is 5.75 Å². The summed E-state index contributed by atoms with van der Waals surface area (Å²) < 4.78 is 29.3. The molecule has 5 amide bonds. The molecule has 1 unspecified atom stereocenters. The largest absolute Gasteiger partial charge is 0.483 e. The first-order valence-corrected chi connectivity index (χ1v) is 23.1. The fourth-order valence-corrected chi connectivity index (χ4v) is 9.62. The summed E-state index contributed by atoms with van der Waals surface area (Å²) in [4.78, 5) is 87.6. The molecule has 5 aliphatic rings. The Hall–Kier alpha value is -4.83. The number of nitrogens with zero attached hydrogens (tertiary/aromatic N) is 7. The molecule has 1 atom stereocenters. The molecule has 1 saturated carbocycles. The third-order valence-corrected chi connectivity index (χ3v) is 13.2. The molecule has 0 radical (unpaired) electrons. The smallest absolute Gasteiger partial charge is 0.266 e. The number of imide groups is 2. The van der Waals surface area contributed by atoms with Crippen molar-refractivity contribution in [1.29, 1.82) is 0 Å². The number of aliphatic imine (C=N–C) groups is 2. The van der Waals surface area contributed by atoms with Crippen molar-refractivity contribution >= 4 is 60.4 Å². The van der Waals surface area contributed by atoms with E-state index in [0.717, 1.165) is 94.8 Å². The maximum Gasteiger partial charge on any atom is 0.266 e. The van der Waals surface area contributed by atoms with Gasteiger partial charge in [-0.25, -0.2) is 13.6 Å². The number of piperazine rings is 1. The molecule has 2 aromatic rings. The summed E-state index contributed by atoms with van der Waals surface area (Å²) in [5.41, 5.74) is 0.904. The summed E-state index contributed by atoms with van der Waals surface area (Å²) in [6, 6.07) is 7.28. The van der Waals surface area contributed by atoms with Gasteiger partial charge in [0.2, 0.25) is 11.8 Å². The highest BCUT2D eigenvalue weighted by Gasteiger charge is 2.46. The number of fused-ring (bicyclic) bond motifs is 1. The van der Waals surface area contributed by atoms with Crippen LogP contribution in [0.4, 0.5) is 5.82 Å². The van der Waals surface area contributed by atoms with Crippen LogP contribution < -0.4 is 20.9 Å². The topological polar surface area (TPSA) is 206 Å². The van der Waals surface area contributed by atoms with Gasteiger partial charge in [0.05, 0.1) is 56.8 Å². The highest BCUT2D eigenvalue weighted by molar-refractivity contribution is 7.94. The minimum atomic E-state index is -1.10. The lowest BCUT2D eigenvalue weighted by Crippen LogP contribution is -2.54. The molecule has 19 nitrogen and oxygen atoms in total. The predicted molar refractivity (Wildman–Crippen MR) is 239 cm³/mol. The molecule has 1 aromatic carbocycles. The Labute approximate surface area is 377 Å². The molecule has 4 aliphatic heterocycles. The van der Waals surface area contributed by atoms with Gasteiger partial charge in [-0.2, -0.15) is 0 Å². The molecule has 7 rings (SSSR count). The lowest BCUT2D eigenvalue weighted by molar-refractivity contribution is -0.136. The molecule has 1 aromatic heterocycles. The van der Waals surface area contributed by atoms with Gasteiger partial charge in [-0.05, 0) is 57.0 Å². The number of carbonyl (C=O) groups excluding carboxylic acids is 5. The number of pyridine rings is 1. The van der Waals surface area contributed by atoms with Gasteiger partial charge in [-0.3, -0.25) is 53.4 Å². The number of hydrogen-bond donors (Lipinski definition) is 2. The van der Waals surface area contributed by atoms with Crippen LogP contribution in [0.3, 0.4) is 0 Å². The van der Waals surface area contributed by atoms with Crippen LogP contribution in [0.2, 0.25) is 0 Å². The molecule has 1 aliphatic carbocycles. The molecule has 5 heterocycles. The number of amides is 5. The van der Waals surface area contributed by atoms with E-state index in [9.17, 15) is 28.8 Å². The zero-order chi connectivity index (χ0) is 44.8. The summed E-state index contributed by atoms with van der Waals surface area (Å²) in [6.45, 7) is 13.0. The maximum atomic E-state index is 13.2. The van der Waals surface area contributed by atoms with Gasteiger partial charge in [0.1, 0.15) is 17.6 Å². The maximum absolute atomic E-state index is 13.2. The highest BCUT2D eigenvalue weighted by atomic mass is 32.2. The summed E-state index contributed by atoms with van der Waals surface area (Å²) in [5.74, 6) is -2.27. The third kappa shape index (κ3) is 12.3. The first-order valence-electron chi connectivity index (χ1n) is 22.3. The standard InChI is InChI=1S/C44H59N9O10S/c1-45-41-31(9-12-39(56)52(41)33-5-2-3-6-33)29-47-32-13-16-50(17-14-32)64-51-20-18-49(19-21-51)22-24-61-26-28-62-27-25-60-23-15-46-38(55)30-63-36-8-4-7-34-40(36)44(59)53(43(34)58)35-10-11-37(54)48-42(35)57/h4,7-9,12,29,32-33,35H,1-3,5-6,10-11,13-28,30H2,(H,46,55)(H,48,54,57). The van der Waals surface area contributed by atoms with Crippen LogP contribution in [0.15, 0.2) is 45.1 Å². The molecular formula is C44H59N9O10S. The van der Waals surface area contributed by atoms with Gasteiger partial charge in [0.25, 0.3) is 23.3 Å². The number of piperidine rings is 2. The van der Waals surface area contributed by atoms with Crippen molar-refractivity contribution in [2.75, 3.05) is 98.6 Å². The van der Waals surface area contributed by atoms with Crippen molar-refractivity contribution < 1.29 is 42.9 Å². The second kappa shape index (κ2) is 23.4. The zero-order valence-electron chi connectivity index (χ0n) is 36.3. The number of benzene rings is 1. The van der Waals surface area contributed by atoms with Crippen LogP contribution in [0.1, 0.15) is 83.7 Å². The molecule has 64 heavy (non-hydrogen) atoms. The fourth-order valence-electron chi connectivity index (χ4n) is 8.60. The van der Waals surface area contributed by atoms with Crippen molar-refractivity contribution in [1.82, 2.24) is 33.6 Å². The average molecular weight is 906 g/mol. The summed E-state index contributed by atoms with van der Waals surface area (Å²) in [6.07, 6.45) is 8.22. The lowest BCUT2D eigenvalue weighted by Gasteiger charge is -2.37.